The van der Waals surface area contributed by atoms with Crippen LogP contribution >= 0.6 is 0 Å². The Morgan fingerprint density at radius 2 is 1.97 bits per heavy atom. The number of esters is 1. The van der Waals surface area contributed by atoms with E-state index in [9.17, 15) is 19.5 Å². The number of nitrogens with one attached hydrogen (secondary N) is 1. The second-order valence-electron chi connectivity index (χ2n) is 8.20. The van der Waals surface area contributed by atoms with E-state index in [0.29, 0.717) is 32.2 Å². The van der Waals surface area contributed by atoms with Crippen LogP contribution < -0.4 is 5.32 Å². The lowest BCUT2D eigenvalue weighted by atomic mass is 9.98. The second kappa shape index (κ2) is 11.6. The smallest absolute Gasteiger partial charge is 0.306 e. The number of ether oxygens (including phenoxy) is 1. The topological polar surface area (TPSA) is 95.9 Å². The van der Waals surface area contributed by atoms with Crippen molar-refractivity contribution in [1.82, 2.24) is 10.2 Å². The minimum absolute atomic E-state index is 0.0490. The highest BCUT2D eigenvalue weighted by molar-refractivity contribution is 5.86. The van der Waals surface area contributed by atoms with Gasteiger partial charge in [0.05, 0.1) is 25.1 Å². The summed E-state index contributed by atoms with van der Waals surface area (Å²) in [4.78, 5) is 39.7. The fraction of sp³-hybridized carbons (Fsp3) is 0.542. The average molecular weight is 429 g/mol. The summed E-state index contributed by atoms with van der Waals surface area (Å²) in [6.07, 6.45) is 7.24. The van der Waals surface area contributed by atoms with Crippen LogP contribution in [-0.2, 0) is 19.1 Å². The molecule has 0 saturated carbocycles. The van der Waals surface area contributed by atoms with Crippen LogP contribution in [0.2, 0.25) is 0 Å². The molecule has 0 radical (unpaired) electrons. The Labute approximate surface area is 183 Å². The first kappa shape index (κ1) is 23.0. The first-order valence-corrected chi connectivity index (χ1v) is 11.2. The molecule has 1 fully saturated rings. The molecule has 2 heterocycles. The molecule has 2 aliphatic heterocycles. The molecule has 1 aromatic rings. The lowest BCUT2D eigenvalue weighted by Gasteiger charge is -2.25. The highest BCUT2D eigenvalue weighted by atomic mass is 16.5. The molecular formula is C24H32N2O5. The number of nitrogens with zero attached hydrogens (tertiary/aromatic N) is 1. The largest absolute Gasteiger partial charge is 0.456 e. The third-order valence-corrected chi connectivity index (χ3v) is 5.95. The van der Waals surface area contributed by atoms with Gasteiger partial charge in [0, 0.05) is 19.4 Å². The summed E-state index contributed by atoms with van der Waals surface area (Å²) in [5.74, 6) is -1.11. The monoisotopic (exact) mass is 428 g/mol. The number of hydrogen-bond acceptors (Lipinski definition) is 5. The molecule has 31 heavy (non-hydrogen) atoms. The maximum Gasteiger partial charge on any atom is 0.306 e. The number of cyclic esters (lactones) is 1. The number of carbonyl (C=O) groups excluding carboxylic acids is 3. The van der Waals surface area contributed by atoms with Gasteiger partial charge in [0.1, 0.15) is 6.10 Å². The van der Waals surface area contributed by atoms with E-state index in [-0.39, 0.29) is 43.4 Å². The van der Waals surface area contributed by atoms with Crippen molar-refractivity contribution in [3.8, 4) is 0 Å². The summed E-state index contributed by atoms with van der Waals surface area (Å²) in [5, 5.41) is 12.4. The third kappa shape index (κ3) is 6.66. The van der Waals surface area contributed by atoms with Gasteiger partial charge in [-0.05, 0) is 37.7 Å². The summed E-state index contributed by atoms with van der Waals surface area (Å²) >= 11 is 0. The molecular weight excluding hydrogens is 396 g/mol. The van der Waals surface area contributed by atoms with Crippen LogP contribution in [0.5, 0.6) is 0 Å². The van der Waals surface area contributed by atoms with Crippen LogP contribution in [0.15, 0.2) is 42.5 Å². The second-order valence-corrected chi connectivity index (χ2v) is 8.20. The van der Waals surface area contributed by atoms with Gasteiger partial charge < -0.3 is 20.1 Å². The highest BCUT2D eigenvalue weighted by Crippen LogP contribution is 2.22. The van der Waals surface area contributed by atoms with Crippen molar-refractivity contribution in [2.45, 2.75) is 57.1 Å². The van der Waals surface area contributed by atoms with Gasteiger partial charge in [0.25, 0.3) is 0 Å². The van der Waals surface area contributed by atoms with Crippen LogP contribution in [-0.4, -0.2) is 53.5 Å². The lowest BCUT2D eigenvalue weighted by molar-refractivity contribution is -0.150. The Balaban J connectivity index is 1.71. The van der Waals surface area contributed by atoms with E-state index in [1.165, 1.54) is 0 Å². The van der Waals surface area contributed by atoms with Gasteiger partial charge in [0.2, 0.25) is 11.8 Å². The molecule has 3 rings (SSSR count). The molecule has 0 aromatic heterocycles. The predicted octanol–water partition coefficient (Wildman–Crippen LogP) is 2.51. The van der Waals surface area contributed by atoms with E-state index in [4.69, 9.17) is 4.74 Å². The summed E-state index contributed by atoms with van der Waals surface area (Å²) in [5.41, 5.74) is 0.819. The molecule has 3 atom stereocenters. The van der Waals surface area contributed by atoms with Crippen LogP contribution in [0.3, 0.4) is 0 Å². The number of aliphatic hydroxyl groups excluding tert-OH is 1. The number of amides is 2. The zero-order valence-corrected chi connectivity index (χ0v) is 17.9. The van der Waals surface area contributed by atoms with E-state index in [1.54, 1.807) is 4.90 Å². The number of likely N-dealkylation sites (tertiary alicyclic amines) is 1. The molecule has 0 spiro atoms. The van der Waals surface area contributed by atoms with Crippen molar-refractivity contribution < 1.29 is 24.2 Å². The number of carbonyl (C=O) groups is 3. The van der Waals surface area contributed by atoms with Gasteiger partial charge in [-0.15, -0.1) is 0 Å². The Hall–Kier alpha value is -2.67. The zero-order valence-electron chi connectivity index (χ0n) is 17.9. The Morgan fingerprint density at radius 3 is 2.74 bits per heavy atom. The highest BCUT2D eigenvalue weighted by Gasteiger charge is 2.31. The van der Waals surface area contributed by atoms with Crippen molar-refractivity contribution in [3.63, 3.8) is 0 Å². The van der Waals surface area contributed by atoms with E-state index in [1.807, 2.05) is 42.5 Å². The van der Waals surface area contributed by atoms with Crippen molar-refractivity contribution in [2.75, 3.05) is 19.7 Å². The summed E-state index contributed by atoms with van der Waals surface area (Å²) in [6.45, 7) is 0.735. The minimum atomic E-state index is -0.569. The maximum atomic E-state index is 13.0. The molecule has 1 saturated heterocycles. The molecule has 2 amide bonds. The van der Waals surface area contributed by atoms with Gasteiger partial charge in [-0.25, -0.2) is 0 Å². The molecule has 0 aliphatic carbocycles. The van der Waals surface area contributed by atoms with Gasteiger partial charge in [-0.2, -0.15) is 0 Å². The number of aliphatic hydroxyl groups is 1. The van der Waals surface area contributed by atoms with Crippen LogP contribution in [0.4, 0.5) is 0 Å². The molecule has 7 heteroatoms. The van der Waals surface area contributed by atoms with Crippen molar-refractivity contribution in [2.24, 2.45) is 5.92 Å². The van der Waals surface area contributed by atoms with Gasteiger partial charge in [-0.1, -0.05) is 42.5 Å². The fourth-order valence-electron chi connectivity index (χ4n) is 4.16. The van der Waals surface area contributed by atoms with Gasteiger partial charge >= 0.3 is 5.97 Å². The number of allylic oxidation sites excluding steroid dienone is 2. The zero-order chi connectivity index (χ0) is 22.1. The standard InChI is InChI=1S/C24H32N2O5/c27-17-20-12-8-14-26(20)22(28)15-19-11-4-1-2-7-13-23(29)31-21(16-25-24(19)30)18-9-5-3-6-10-18/h1,3-6,9-10,19-21,27H,2,7-8,11-17H2,(H,25,30). The van der Waals surface area contributed by atoms with E-state index < -0.39 is 12.0 Å². The third-order valence-electron chi connectivity index (χ3n) is 5.95. The molecule has 0 bridgehead atoms. The summed E-state index contributed by atoms with van der Waals surface area (Å²) in [7, 11) is 0. The van der Waals surface area contributed by atoms with Gasteiger partial charge in [-0.3, -0.25) is 14.4 Å². The van der Waals surface area contributed by atoms with Crippen molar-refractivity contribution >= 4 is 17.8 Å². The number of hydrogen-bond donors (Lipinski definition) is 2. The molecule has 3 unspecified atom stereocenters. The molecule has 7 nitrogen and oxygen atoms in total. The number of rotatable bonds is 4. The van der Waals surface area contributed by atoms with E-state index >= 15 is 0 Å². The van der Waals surface area contributed by atoms with Crippen molar-refractivity contribution in [3.05, 3.63) is 48.0 Å². The van der Waals surface area contributed by atoms with Crippen LogP contribution in [0.25, 0.3) is 0 Å². The quantitative estimate of drug-likeness (QED) is 0.568. The number of benzene rings is 1. The van der Waals surface area contributed by atoms with Gasteiger partial charge in [0.15, 0.2) is 0 Å². The predicted molar refractivity (Wildman–Crippen MR) is 116 cm³/mol. The Morgan fingerprint density at radius 1 is 1.16 bits per heavy atom. The summed E-state index contributed by atoms with van der Waals surface area (Å²) < 4.78 is 5.64. The lowest BCUT2D eigenvalue weighted by Crippen LogP contribution is -2.41. The Bertz CT molecular complexity index is 779. The normalized spacial score (nSPS) is 25.7. The Kier molecular flexibility index (Phi) is 8.64. The van der Waals surface area contributed by atoms with E-state index in [2.05, 4.69) is 5.32 Å². The van der Waals surface area contributed by atoms with Crippen LogP contribution in [0, 0.1) is 5.92 Å². The van der Waals surface area contributed by atoms with Crippen molar-refractivity contribution in [1.29, 1.82) is 0 Å². The molecule has 2 N–H and O–H groups in total. The average Bonchev–Trinajstić information content (AvgIpc) is 3.27. The molecule has 2 aliphatic rings. The molecule has 168 valence electrons. The fourth-order valence-corrected chi connectivity index (χ4v) is 4.16. The maximum absolute atomic E-state index is 13.0. The SMILES string of the molecule is O=C1CCCC=CCC(CC(=O)N2CCCC2CO)C(=O)NCC(c2ccccc2)O1. The minimum Gasteiger partial charge on any atom is -0.456 e. The first-order valence-electron chi connectivity index (χ1n) is 11.2. The first-order chi connectivity index (χ1) is 15.1. The summed E-state index contributed by atoms with van der Waals surface area (Å²) in [6, 6.07) is 9.20. The van der Waals surface area contributed by atoms with E-state index in [0.717, 1.165) is 18.4 Å². The van der Waals surface area contributed by atoms with Crippen LogP contribution in [0.1, 0.15) is 56.6 Å². The molecule has 1 aromatic carbocycles.